The molecular formula is C13H25NO2S. The van der Waals surface area contributed by atoms with Gasteiger partial charge in [-0.15, -0.1) is 0 Å². The third-order valence-corrected chi connectivity index (χ3v) is 6.65. The minimum atomic E-state index is -2.80. The van der Waals surface area contributed by atoms with E-state index in [0.29, 0.717) is 23.5 Å². The van der Waals surface area contributed by atoms with Crippen LogP contribution in [0, 0.1) is 11.8 Å². The van der Waals surface area contributed by atoms with Gasteiger partial charge in [0.2, 0.25) is 0 Å². The first-order valence-electron chi connectivity index (χ1n) is 6.79. The lowest BCUT2D eigenvalue weighted by molar-refractivity contribution is 0.173. The van der Waals surface area contributed by atoms with Crippen LogP contribution < -0.4 is 5.32 Å². The Bertz CT molecular complexity index is 379. The third kappa shape index (κ3) is 3.02. The highest BCUT2D eigenvalue weighted by atomic mass is 32.2. The Morgan fingerprint density at radius 1 is 1.24 bits per heavy atom. The normalized spacial score (nSPS) is 45.9. The van der Waals surface area contributed by atoms with E-state index < -0.39 is 9.84 Å². The Morgan fingerprint density at radius 2 is 1.94 bits per heavy atom. The highest BCUT2D eigenvalue weighted by Gasteiger charge is 2.41. The first kappa shape index (κ1) is 13.3. The van der Waals surface area contributed by atoms with Crippen molar-refractivity contribution in [3.05, 3.63) is 0 Å². The van der Waals surface area contributed by atoms with Gasteiger partial charge in [-0.1, -0.05) is 26.7 Å². The van der Waals surface area contributed by atoms with Crippen molar-refractivity contribution in [3.63, 3.8) is 0 Å². The van der Waals surface area contributed by atoms with E-state index in [2.05, 4.69) is 26.1 Å². The Morgan fingerprint density at radius 3 is 2.53 bits per heavy atom. The van der Waals surface area contributed by atoms with Crippen LogP contribution in [0.25, 0.3) is 0 Å². The van der Waals surface area contributed by atoms with E-state index >= 15 is 0 Å². The largest absolute Gasteiger partial charge is 0.307 e. The molecular weight excluding hydrogens is 234 g/mol. The summed E-state index contributed by atoms with van der Waals surface area (Å²) in [6.45, 7) is 6.68. The van der Waals surface area contributed by atoms with Crippen molar-refractivity contribution >= 4 is 9.84 Å². The van der Waals surface area contributed by atoms with E-state index in [1.54, 1.807) is 0 Å². The zero-order valence-corrected chi connectivity index (χ0v) is 12.0. The Balaban J connectivity index is 2.01. The van der Waals surface area contributed by atoms with Crippen LogP contribution in [0.4, 0.5) is 0 Å². The Hall–Kier alpha value is -0.0900. The molecule has 1 aliphatic heterocycles. The SMILES string of the molecule is CC1CCCC(NC2(C)CCS(=O)(=O)C2)C1C. The lowest BCUT2D eigenvalue weighted by Crippen LogP contribution is -2.53. The van der Waals surface area contributed by atoms with Crippen LogP contribution in [-0.2, 0) is 9.84 Å². The van der Waals surface area contributed by atoms with Crippen LogP contribution in [0.2, 0.25) is 0 Å². The highest BCUT2D eigenvalue weighted by molar-refractivity contribution is 7.91. The molecule has 17 heavy (non-hydrogen) atoms. The molecule has 0 aromatic carbocycles. The third-order valence-electron chi connectivity index (χ3n) is 4.74. The molecule has 1 saturated carbocycles. The average Bonchev–Trinajstić information content (AvgIpc) is 2.49. The van der Waals surface area contributed by atoms with Crippen molar-refractivity contribution in [2.24, 2.45) is 11.8 Å². The molecule has 100 valence electrons. The van der Waals surface area contributed by atoms with Crippen molar-refractivity contribution in [2.45, 2.75) is 58.0 Å². The number of hydrogen-bond acceptors (Lipinski definition) is 3. The fraction of sp³-hybridized carbons (Fsp3) is 1.00. The van der Waals surface area contributed by atoms with Gasteiger partial charge in [0.25, 0.3) is 0 Å². The van der Waals surface area contributed by atoms with Crippen LogP contribution in [-0.4, -0.2) is 31.5 Å². The maximum Gasteiger partial charge on any atom is 0.152 e. The maximum atomic E-state index is 11.6. The second-order valence-corrected chi connectivity index (χ2v) is 8.60. The van der Waals surface area contributed by atoms with Crippen molar-refractivity contribution in [2.75, 3.05) is 11.5 Å². The molecule has 0 radical (unpaired) electrons. The summed E-state index contributed by atoms with van der Waals surface area (Å²) >= 11 is 0. The minimum absolute atomic E-state index is 0.186. The molecule has 1 N–H and O–H groups in total. The smallest absolute Gasteiger partial charge is 0.152 e. The molecule has 2 rings (SSSR count). The summed E-state index contributed by atoms with van der Waals surface area (Å²) in [6, 6.07) is 0.497. The van der Waals surface area contributed by atoms with Gasteiger partial charge in [0.1, 0.15) is 0 Å². The summed E-state index contributed by atoms with van der Waals surface area (Å²) in [6.07, 6.45) is 4.55. The topological polar surface area (TPSA) is 46.2 Å². The van der Waals surface area contributed by atoms with Crippen LogP contribution in [0.1, 0.15) is 46.5 Å². The lowest BCUT2D eigenvalue weighted by atomic mass is 9.77. The molecule has 4 heteroatoms. The minimum Gasteiger partial charge on any atom is -0.307 e. The van der Waals surface area contributed by atoms with E-state index in [0.717, 1.165) is 12.3 Å². The van der Waals surface area contributed by atoms with E-state index in [1.165, 1.54) is 19.3 Å². The molecule has 0 bridgehead atoms. The zero-order valence-electron chi connectivity index (χ0n) is 11.2. The second kappa shape index (κ2) is 4.54. The predicted molar refractivity (Wildman–Crippen MR) is 70.8 cm³/mol. The molecule has 3 nitrogen and oxygen atoms in total. The number of nitrogens with one attached hydrogen (secondary N) is 1. The Labute approximate surface area is 105 Å². The van der Waals surface area contributed by atoms with Gasteiger partial charge in [0.05, 0.1) is 11.5 Å². The van der Waals surface area contributed by atoms with Gasteiger partial charge in [-0.25, -0.2) is 8.42 Å². The lowest BCUT2D eigenvalue weighted by Gasteiger charge is -2.39. The first-order valence-corrected chi connectivity index (χ1v) is 8.62. The quantitative estimate of drug-likeness (QED) is 0.825. The van der Waals surface area contributed by atoms with Crippen LogP contribution in [0.3, 0.4) is 0 Å². The van der Waals surface area contributed by atoms with Gasteiger partial charge < -0.3 is 5.32 Å². The Kier molecular flexibility index (Phi) is 3.56. The molecule has 0 spiro atoms. The number of sulfone groups is 1. The second-order valence-electron chi connectivity index (χ2n) is 6.42. The van der Waals surface area contributed by atoms with Crippen LogP contribution in [0.15, 0.2) is 0 Å². The van der Waals surface area contributed by atoms with Gasteiger partial charge in [0.15, 0.2) is 9.84 Å². The van der Waals surface area contributed by atoms with Crippen molar-refractivity contribution in [1.82, 2.24) is 5.32 Å². The molecule has 1 heterocycles. The molecule has 2 aliphatic rings. The molecule has 4 atom stereocenters. The molecule has 0 aromatic heterocycles. The molecule has 0 aromatic rings. The van der Waals surface area contributed by atoms with Gasteiger partial charge in [-0.05, 0) is 31.6 Å². The molecule has 0 amide bonds. The van der Waals surface area contributed by atoms with Crippen LogP contribution >= 0.6 is 0 Å². The average molecular weight is 259 g/mol. The van der Waals surface area contributed by atoms with E-state index in [-0.39, 0.29) is 5.54 Å². The van der Waals surface area contributed by atoms with Crippen LogP contribution in [0.5, 0.6) is 0 Å². The summed E-state index contributed by atoms with van der Waals surface area (Å²) in [5.41, 5.74) is -0.186. The number of hydrogen-bond donors (Lipinski definition) is 1. The van der Waals surface area contributed by atoms with Gasteiger partial charge in [-0.3, -0.25) is 0 Å². The fourth-order valence-corrected chi connectivity index (χ4v) is 5.46. The monoisotopic (exact) mass is 259 g/mol. The van der Waals surface area contributed by atoms with Gasteiger partial charge >= 0.3 is 0 Å². The molecule has 2 fully saturated rings. The molecule has 1 saturated heterocycles. The van der Waals surface area contributed by atoms with E-state index in [4.69, 9.17) is 0 Å². The summed E-state index contributed by atoms with van der Waals surface area (Å²) in [5, 5.41) is 3.65. The fourth-order valence-electron chi connectivity index (χ4n) is 3.36. The summed E-state index contributed by atoms with van der Waals surface area (Å²) in [7, 11) is -2.80. The van der Waals surface area contributed by atoms with Crippen molar-refractivity contribution in [3.8, 4) is 0 Å². The van der Waals surface area contributed by atoms with Crippen molar-refractivity contribution < 1.29 is 8.42 Å². The number of rotatable bonds is 2. The molecule has 1 aliphatic carbocycles. The van der Waals surface area contributed by atoms with E-state index in [1.807, 2.05) is 0 Å². The van der Waals surface area contributed by atoms with Crippen molar-refractivity contribution in [1.29, 1.82) is 0 Å². The summed E-state index contributed by atoms with van der Waals surface area (Å²) in [5.74, 6) is 2.08. The summed E-state index contributed by atoms with van der Waals surface area (Å²) in [4.78, 5) is 0. The maximum absolute atomic E-state index is 11.6. The summed E-state index contributed by atoms with van der Waals surface area (Å²) < 4.78 is 23.2. The molecule has 4 unspecified atom stereocenters. The predicted octanol–water partition coefficient (Wildman–Crippen LogP) is 1.98. The standard InChI is InChI=1S/C13H25NO2S/c1-10-5-4-6-12(11(10)2)14-13(3)7-8-17(15,16)9-13/h10-12,14H,4-9H2,1-3H3. The highest BCUT2D eigenvalue weighted by Crippen LogP contribution is 2.32. The first-order chi connectivity index (χ1) is 7.81. The zero-order chi connectivity index (χ0) is 12.7. The van der Waals surface area contributed by atoms with Gasteiger partial charge in [0, 0.05) is 11.6 Å². The van der Waals surface area contributed by atoms with Gasteiger partial charge in [-0.2, -0.15) is 0 Å². The van der Waals surface area contributed by atoms with E-state index in [9.17, 15) is 8.42 Å².